The van der Waals surface area contributed by atoms with Gasteiger partial charge in [0, 0.05) is 11.1 Å². The Morgan fingerprint density at radius 3 is 2.35 bits per heavy atom. The number of halogens is 2. The van der Waals surface area contributed by atoms with Crippen molar-refractivity contribution in [1.29, 1.82) is 0 Å². The molecule has 1 fully saturated rings. The highest BCUT2D eigenvalue weighted by Crippen LogP contribution is 2.42. The van der Waals surface area contributed by atoms with E-state index in [0.29, 0.717) is 5.56 Å². The van der Waals surface area contributed by atoms with E-state index < -0.39 is 17.0 Å². The van der Waals surface area contributed by atoms with Gasteiger partial charge in [-0.3, -0.25) is 0 Å². The van der Waals surface area contributed by atoms with Crippen molar-refractivity contribution in [2.45, 2.75) is 50.7 Å². The number of hydrogen-bond donors (Lipinski definition) is 1. The molecular formula is C14H19F2N. The van der Waals surface area contributed by atoms with Gasteiger partial charge in [-0.25, -0.2) is 8.78 Å². The lowest BCUT2D eigenvalue weighted by Gasteiger charge is -2.30. The molecule has 2 N–H and O–H groups in total. The topological polar surface area (TPSA) is 26.0 Å². The summed E-state index contributed by atoms with van der Waals surface area (Å²) in [4.78, 5) is 0. The minimum atomic E-state index is -1.70. The Labute approximate surface area is 101 Å². The molecule has 1 aromatic carbocycles. The Morgan fingerprint density at radius 1 is 1.24 bits per heavy atom. The Bertz CT molecular complexity index is 415. The van der Waals surface area contributed by atoms with Crippen molar-refractivity contribution < 1.29 is 8.78 Å². The van der Waals surface area contributed by atoms with Gasteiger partial charge in [0.2, 0.25) is 0 Å². The molecule has 17 heavy (non-hydrogen) atoms. The fourth-order valence-electron chi connectivity index (χ4n) is 2.82. The van der Waals surface area contributed by atoms with Crippen LogP contribution in [0, 0.1) is 5.82 Å². The summed E-state index contributed by atoms with van der Waals surface area (Å²) in [5.41, 5.74) is 4.83. The van der Waals surface area contributed by atoms with Gasteiger partial charge in [0.25, 0.3) is 0 Å². The first-order chi connectivity index (χ1) is 7.84. The van der Waals surface area contributed by atoms with E-state index in [2.05, 4.69) is 0 Å². The molecule has 0 heterocycles. The van der Waals surface area contributed by atoms with Crippen LogP contribution >= 0.6 is 0 Å². The van der Waals surface area contributed by atoms with Crippen molar-refractivity contribution in [2.75, 3.05) is 0 Å². The highest BCUT2D eigenvalue weighted by molar-refractivity contribution is 5.38. The number of nitrogens with two attached hydrogens (primary N) is 1. The largest absolute Gasteiger partial charge is 0.321 e. The maximum atomic E-state index is 14.2. The summed E-state index contributed by atoms with van der Waals surface area (Å²) in [5, 5.41) is 0. The molecule has 0 radical (unpaired) electrons. The molecule has 0 spiro atoms. The second-order valence-corrected chi connectivity index (χ2v) is 5.50. The lowest BCUT2D eigenvalue weighted by molar-refractivity contribution is 0.208. The van der Waals surface area contributed by atoms with Gasteiger partial charge in [0.1, 0.15) is 11.5 Å². The van der Waals surface area contributed by atoms with Crippen LogP contribution in [0.1, 0.15) is 50.7 Å². The van der Waals surface area contributed by atoms with E-state index >= 15 is 0 Å². The molecule has 0 aliphatic heterocycles. The molecule has 1 saturated carbocycles. The summed E-state index contributed by atoms with van der Waals surface area (Å²) in [6.45, 7) is 2.76. The second kappa shape index (κ2) is 4.05. The van der Waals surface area contributed by atoms with Crippen molar-refractivity contribution in [3.05, 3.63) is 35.1 Å². The Hall–Kier alpha value is -0.960. The van der Waals surface area contributed by atoms with Gasteiger partial charge in [-0.2, -0.15) is 0 Å². The van der Waals surface area contributed by atoms with E-state index in [1.165, 1.54) is 19.9 Å². The Kier molecular flexibility index (Phi) is 2.98. The normalized spacial score (nSPS) is 19.6. The summed E-state index contributed by atoms with van der Waals surface area (Å²) in [7, 11) is 0. The first-order valence-electron chi connectivity index (χ1n) is 6.12. The first-order valence-corrected chi connectivity index (χ1v) is 6.12. The van der Waals surface area contributed by atoms with E-state index in [4.69, 9.17) is 5.73 Å². The van der Waals surface area contributed by atoms with Crippen LogP contribution in [0.15, 0.2) is 18.2 Å². The summed E-state index contributed by atoms with van der Waals surface area (Å²) in [5.74, 6) is -0.494. The van der Waals surface area contributed by atoms with Crippen LogP contribution in [0.2, 0.25) is 0 Å². The predicted molar refractivity (Wildman–Crippen MR) is 64.9 cm³/mol. The monoisotopic (exact) mass is 239 g/mol. The molecule has 1 aliphatic rings. The van der Waals surface area contributed by atoms with Crippen LogP contribution in [0.25, 0.3) is 0 Å². The lowest BCUT2D eigenvalue weighted by atomic mass is 9.81. The number of benzene rings is 1. The molecule has 0 amide bonds. The quantitative estimate of drug-likeness (QED) is 0.835. The van der Waals surface area contributed by atoms with E-state index in [-0.39, 0.29) is 5.56 Å². The SMILES string of the molecule is CC(C)(F)c1c(F)cccc1C1(N)CCCC1. The minimum absolute atomic E-state index is 0.129. The molecule has 1 aliphatic carbocycles. The number of hydrogen-bond acceptors (Lipinski definition) is 1. The van der Waals surface area contributed by atoms with E-state index in [1.54, 1.807) is 12.1 Å². The van der Waals surface area contributed by atoms with Gasteiger partial charge in [0.15, 0.2) is 0 Å². The Morgan fingerprint density at radius 2 is 1.82 bits per heavy atom. The molecule has 0 aromatic heterocycles. The molecule has 94 valence electrons. The first kappa shape index (κ1) is 12.5. The van der Waals surface area contributed by atoms with E-state index in [9.17, 15) is 8.78 Å². The molecule has 2 rings (SSSR count). The summed E-state index contributed by atoms with van der Waals surface area (Å²) >= 11 is 0. The fraction of sp³-hybridized carbons (Fsp3) is 0.571. The maximum Gasteiger partial charge on any atom is 0.133 e. The second-order valence-electron chi connectivity index (χ2n) is 5.50. The van der Waals surface area contributed by atoms with Gasteiger partial charge in [-0.05, 0) is 38.3 Å². The smallest absolute Gasteiger partial charge is 0.133 e. The van der Waals surface area contributed by atoms with Crippen molar-refractivity contribution in [3.8, 4) is 0 Å². The van der Waals surface area contributed by atoms with Gasteiger partial charge < -0.3 is 5.73 Å². The molecule has 3 heteroatoms. The average Bonchev–Trinajstić information content (AvgIpc) is 2.64. The van der Waals surface area contributed by atoms with Crippen LogP contribution in [0.5, 0.6) is 0 Å². The van der Waals surface area contributed by atoms with Crippen LogP contribution in [-0.2, 0) is 11.2 Å². The highest BCUT2D eigenvalue weighted by atomic mass is 19.1. The zero-order chi connectivity index (χ0) is 12.7. The number of alkyl halides is 1. The van der Waals surface area contributed by atoms with Crippen LogP contribution < -0.4 is 5.73 Å². The fourth-order valence-corrected chi connectivity index (χ4v) is 2.82. The van der Waals surface area contributed by atoms with Gasteiger partial charge in [-0.1, -0.05) is 25.0 Å². The Balaban J connectivity index is 2.58. The molecule has 0 unspecified atom stereocenters. The number of rotatable bonds is 2. The molecule has 0 saturated heterocycles. The predicted octanol–water partition coefficient (Wildman–Crippen LogP) is 3.76. The lowest BCUT2D eigenvalue weighted by Crippen LogP contribution is -2.36. The minimum Gasteiger partial charge on any atom is -0.321 e. The summed E-state index contributed by atoms with van der Waals surface area (Å²) in [6.07, 6.45) is 3.66. The van der Waals surface area contributed by atoms with Crippen molar-refractivity contribution in [2.24, 2.45) is 5.73 Å². The van der Waals surface area contributed by atoms with Crippen molar-refractivity contribution in [1.82, 2.24) is 0 Å². The summed E-state index contributed by atoms with van der Waals surface area (Å²) < 4.78 is 28.0. The van der Waals surface area contributed by atoms with E-state index in [1.807, 2.05) is 0 Å². The van der Waals surface area contributed by atoms with E-state index in [0.717, 1.165) is 25.7 Å². The van der Waals surface area contributed by atoms with Gasteiger partial charge in [0.05, 0.1) is 0 Å². The molecule has 0 bridgehead atoms. The maximum absolute atomic E-state index is 14.2. The average molecular weight is 239 g/mol. The highest BCUT2D eigenvalue weighted by Gasteiger charge is 2.38. The van der Waals surface area contributed by atoms with Gasteiger partial charge >= 0.3 is 0 Å². The van der Waals surface area contributed by atoms with Crippen LogP contribution in [0.4, 0.5) is 8.78 Å². The zero-order valence-corrected chi connectivity index (χ0v) is 10.4. The molecular weight excluding hydrogens is 220 g/mol. The summed E-state index contributed by atoms with van der Waals surface area (Å²) in [6, 6.07) is 4.69. The molecule has 0 atom stereocenters. The molecule has 1 nitrogen and oxygen atoms in total. The molecule has 1 aromatic rings. The van der Waals surface area contributed by atoms with Crippen LogP contribution in [-0.4, -0.2) is 0 Å². The zero-order valence-electron chi connectivity index (χ0n) is 10.4. The standard InChI is InChI=1S/C14H19F2N/c1-13(2,16)12-10(6-5-7-11(12)15)14(17)8-3-4-9-14/h5-7H,3-4,8-9,17H2,1-2H3. The third-order valence-electron chi connectivity index (χ3n) is 3.64. The van der Waals surface area contributed by atoms with Gasteiger partial charge in [-0.15, -0.1) is 0 Å². The third kappa shape index (κ3) is 2.21. The van der Waals surface area contributed by atoms with Crippen molar-refractivity contribution >= 4 is 0 Å². The third-order valence-corrected chi connectivity index (χ3v) is 3.64. The van der Waals surface area contributed by atoms with Crippen molar-refractivity contribution in [3.63, 3.8) is 0 Å². The van der Waals surface area contributed by atoms with Crippen LogP contribution in [0.3, 0.4) is 0 Å².